The van der Waals surface area contributed by atoms with E-state index in [1.165, 1.54) is 6.92 Å². The first-order valence-electron chi connectivity index (χ1n) is 30.9. The predicted molar refractivity (Wildman–Crippen MR) is 293 cm³/mol. The van der Waals surface area contributed by atoms with Crippen LogP contribution in [0, 0.1) is 50.2 Å². The smallest absolute Gasteiger partial charge is 0.335 e. The quantitative estimate of drug-likeness (QED) is 0.0414. The molecule has 9 fully saturated rings. The lowest BCUT2D eigenvalue weighted by Gasteiger charge is -2.73. The second-order valence-electron chi connectivity index (χ2n) is 28.6. The maximum atomic E-state index is 13.6. The molecule has 5 saturated heterocycles. The normalized spacial score (nSPS) is 53.7. The van der Waals surface area contributed by atoms with Crippen LogP contribution in [-0.4, -0.2) is 298 Å². The summed E-state index contributed by atoms with van der Waals surface area (Å²) < 4.78 is 67.5. The summed E-state index contributed by atoms with van der Waals surface area (Å²) in [6.45, 7) is 11.4. The first kappa shape index (κ1) is 69.5. The third-order valence-electron chi connectivity index (χ3n) is 23.1. The molecule has 0 aromatic carbocycles. The molecule has 0 unspecified atom stereocenters. The number of fused-ring (bicyclic) bond motifs is 7. The number of hydrogen-bond acceptors (Lipinski definition) is 29. The van der Waals surface area contributed by atoms with Gasteiger partial charge in [0.1, 0.15) is 110 Å². The summed E-state index contributed by atoms with van der Waals surface area (Å²) in [5.74, 6) is -3.69. The zero-order valence-electron chi connectivity index (χ0n) is 51.1. The topological polar surface area (TPSA) is 480 Å². The number of carboxylic acid groups (broad SMARTS) is 1. The van der Waals surface area contributed by atoms with Gasteiger partial charge in [0, 0.05) is 17.8 Å². The number of aliphatic hydroxyl groups excluding tert-OH is 16. The van der Waals surface area contributed by atoms with Crippen LogP contribution in [0.25, 0.3) is 0 Å². The SMILES string of the molecule is CC(=O)O[C@H]1[C@H](O[C@@H]2OC[C@H](O)[C@H](O)[C@H]2O)[C@]2(CO)[C@H](O)[C@H](O)[C@]3(C)C(=CC[C@@H]4[C@@]5(C)CC[C@H](O[C@@H]6O[C@H](C(=O)O)[C@@H](O[C@@H]7O[C@@H](CO)[C@H](O)[C@H]7O)[C@H](O[C@@H]7OC[C@H](O)[C@H](O)[C@H]7O)[C@H]6O[C@@H]6O[C@H](CO)[C@@H](O)[C@H](O)[C@H]6O)C(C)(C)[C@@H]5CC[C@]43C)[C@@H]2CC1(C)C. The Balaban J connectivity index is 0.999. The molecule has 510 valence electrons. The Morgan fingerprint density at radius 3 is 1.64 bits per heavy atom. The first-order valence-corrected chi connectivity index (χ1v) is 30.9. The molecular formula is C59H94O30. The molecule has 30 heteroatoms. The van der Waals surface area contributed by atoms with Crippen molar-refractivity contribution >= 4 is 11.9 Å². The molecule has 5 aliphatic carbocycles. The van der Waals surface area contributed by atoms with Crippen LogP contribution in [0.4, 0.5) is 0 Å². The van der Waals surface area contributed by atoms with Crippen molar-refractivity contribution in [1.82, 2.24) is 0 Å². The standard InChI is InChI=1S/C59H94O30/c1-21(63)81-46-47(89-50-37(72)32(67)25(65)19-80-50)59(20-62)23(15-54(46,2)3)22-9-10-29-56(6)13-12-30(55(4,5)28(56)11-14-57(29,7)58(22,8)44(75)45(59)76)84-53-43(88-52-39(74)35(70)33(68)26(16-60)82-52)41(85-49-36(71)31(66)24(64)18-79-49)40(42(87-53)48(77)78)86-51-38(73)34(69)27(17-61)83-51/h9,23-47,49-53,60-62,64-76H,10-20H2,1-8H3,(H,77,78)/t23-,24-,25-,26+,27-,28-,29+,30-,31-,32-,33+,34-,35-,36+,37+,38+,39+,40-,41-,42-,43+,44-,45+,46-,47-,49-,50-,51-,52-,53+,56-,57+,58-,59-/m0/s1. The van der Waals surface area contributed by atoms with Crippen molar-refractivity contribution in [2.45, 2.75) is 260 Å². The predicted octanol–water partition coefficient (Wildman–Crippen LogP) is -5.27. The fraction of sp³-hybridized carbons (Fsp3) is 0.932. The van der Waals surface area contributed by atoms with E-state index in [0.29, 0.717) is 25.7 Å². The minimum Gasteiger partial charge on any atom is -0.479 e. The number of rotatable bonds is 15. The number of ether oxygens (including phenoxy) is 11. The van der Waals surface area contributed by atoms with Gasteiger partial charge < -0.3 is 139 Å². The van der Waals surface area contributed by atoms with Gasteiger partial charge in [-0.15, -0.1) is 0 Å². The number of allylic oxidation sites excluding steroid dienone is 1. The minimum atomic E-state index is -2.20. The van der Waals surface area contributed by atoms with E-state index in [4.69, 9.17) is 52.1 Å². The van der Waals surface area contributed by atoms with Crippen LogP contribution in [0.15, 0.2) is 11.6 Å². The lowest BCUT2D eigenvalue weighted by atomic mass is 9.32. The molecule has 5 heterocycles. The number of esters is 1. The Bertz CT molecular complexity index is 2540. The lowest BCUT2D eigenvalue weighted by Crippen LogP contribution is -2.77. The van der Waals surface area contributed by atoms with Crippen molar-refractivity contribution in [3.63, 3.8) is 0 Å². The van der Waals surface area contributed by atoms with E-state index in [1.54, 1.807) is 0 Å². The maximum absolute atomic E-state index is 13.6. The van der Waals surface area contributed by atoms with Gasteiger partial charge >= 0.3 is 11.9 Å². The molecule has 17 N–H and O–H groups in total. The second kappa shape index (κ2) is 25.3. The van der Waals surface area contributed by atoms with Crippen LogP contribution in [0.2, 0.25) is 0 Å². The van der Waals surface area contributed by atoms with E-state index in [1.807, 2.05) is 34.6 Å². The molecule has 0 radical (unpaired) electrons. The van der Waals surface area contributed by atoms with Gasteiger partial charge in [0.05, 0.1) is 56.8 Å². The minimum absolute atomic E-state index is 0.216. The highest BCUT2D eigenvalue weighted by atomic mass is 16.8. The molecule has 0 aromatic heterocycles. The van der Waals surface area contributed by atoms with Crippen molar-refractivity contribution in [3.05, 3.63) is 11.6 Å². The number of carboxylic acids is 1. The molecule has 34 atom stereocenters. The van der Waals surface area contributed by atoms with Gasteiger partial charge in [-0.3, -0.25) is 4.79 Å². The zero-order valence-corrected chi connectivity index (χ0v) is 51.1. The van der Waals surface area contributed by atoms with Crippen LogP contribution in [0.1, 0.15) is 93.9 Å². The third kappa shape index (κ3) is 11.2. The molecular weight excluding hydrogens is 1190 g/mol. The fourth-order valence-corrected chi connectivity index (χ4v) is 18.0. The second-order valence-corrected chi connectivity index (χ2v) is 28.6. The van der Waals surface area contributed by atoms with Gasteiger partial charge in [0.2, 0.25) is 0 Å². The zero-order chi connectivity index (χ0) is 65.3. The molecule has 30 nitrogen and oxygen atoms in total. The van der Waals surface area contributed by atoms with Crippen molar-refractivity contribution in [2.24, 2.45) is 50.2 Å². The third-order valence-corrected chi connectivity index (χ3v) is 23.1. The number of carbonyl (C=O) groups excluding carboxylic acids is 1. The summed E-state index contributed by atoms with van der Waals surface area (Å²) >= 11 is 0. The van der Waals surface area contributed by atoms with Crippen LogP contribution < -0.4 is 0 Å². The van der Waals surface area contributed by atoms with Crippen molar-refractivity contribution in [2.75, 3.05) is 33.0 Å². The fourth-order valence-electron chi connectivity index (χ4n) is 18.0. The molecule has 0 aromatic rings. The number of carbonyl (C=O) groups is 2. The van der Waals surface area contributed by atoms with Gasteiger partial charge in [-0.1, -0.05) is 60.1 Å². The summed E-state index contributed by atoms with van der Waals surface area (Å²) in [7, 11) is 0. The maximum Gasteiger partial charge on any atom is 0.335 e. The number of aliphatic hydroxyl groups is 16. The van der Waals surface area contributed by atoms with Gasteiger partial charge in [-0.05, 0) is 72.5 Å². The Morgan fingerprint density at radius 1 is 0.562 bits per heavy atom. The van der Waals surface area contributed by atoms with Crippen LogP contribution in [-0.2, 0) is 61.7 Å². The average Bonchev–Trinajstić information content (AvgIpc) is 0.878. The Morgan fingerprint density at radius 2 is 1.09 bits per heavy atom. The highest BCUT2D eigenvalue weighted by molar-refractivity contribution is 5.73. The first-order chi connectivity index (χ1) is 41.6. The Kier molecular flexibility index (Phi) is 19.8. The molecule has 4 saturated carbocycles. The molecule has 0 bridgehead atoms. The summed E-state index contributed by atoms with van der Waals surface area (Å²) in [4.78, 5) is 26.5. The van der Waals surface area contributed by atoms with Crippen molar-refractivity contribution in [3.8, 4) is 0 Å². The molecule has 0 amide bonds. The average molecular weight is 1280 g/mol. The number of aliphatic carboxylic acids is 1. The Labute approximate surface area is 513 Å². The van der Waals surface area contributed by atoms with Crippen LogP contribution in [0.5, 0.6) is 0 Å². The van der Waals surface area contributed by atoms with Crippen molar-refractivity contribution < 1.29 is 149 Å². The van der Waals surface area contributed by atoms with Gasteiger partial charge in [0.25, 0.3) is 0 Å². The lowest BCUT2D eigenvalue weighted by molar-refractivity contribution is -0.401. The Hall–Kier alpha value is -2.36. The molecule has 89 heavy (non-hydrogen) atoms. The molecule has 10 rings (SSSR count). The monoisotopic (exact) mass is 1280 g/mol. The van der Waals surface area contributed by atoms with Crippen molar-refractivity contribution in [1.29, 1.82) is 0 Å². The summed E-state index contributed by atoms with van der Waals surface area (Å²) in [6, 6.07) is 0. The van der Waals surface area contributed by atoms with E-state index in [9.17, 15) is 96.4 Å². The van der Waals surface area contributed by atoms with E-state index < -0.39 is 249 Å². The van der Waals surface area contributed by atoms with E-state index in [-0.39, 0.29) is 24.7 Å². The number of hydrogen-bond donors (Lipinski definition) is 17. The molecule has 10 aliphatic rings. The van der Waals surface area contributed by atoms with Gasteiger partial charge in [-0.25, -0.2) is 4.79 Å². The van der Waals surface area contributed by atoms with E-state index in [0.717, 1.165) is 5.57 Å². The highest BCUT2D eigenvalue weighted by Gasteiger charge is 2.76. The van der Waals surface area contributed by atoms with Gasteiger partial charge in [-0.2, -0.15) is 0 Å². The van der Waals surface area contributed by atoms with Crippen LogP contribution >= 0.6 is 0 Å². The van der Waals surface area contributed by atoms with Crippen LogP contribution in [0.3, 0.4) is 0 Å². The molecule has 0 spiro atoms. The summed E-state index contributed by atoms with van der Waals surface area (Å²) in [6.07, 6.45) is -43.6. The largest absolute Gasteiger partial charge is 0.479 e. The van der Waals surface area contributed by atoms with E-state index >= 15 is 0 Å². The van der Waals surface area contributed by atoms with Gasteiger partial charge in [0.15, 0.2) is 37.6 Å². The summed E-state index contributed by atoms with van der Waals surface area (Å²) in [5.41, 5.74) is -5.57. The molecule has 5 aliphatic heterocycles. The van der Waals surface area contributed by atoms with E-state index in [2.05, 4.69) is 19.9 Å². The highest BCUT2D eigenvalue weighted by Crippen LogP contribution is 2.76. The summed E-state index contributed by atoms with van der Waals surface area (Å²) in [5, 5.41) is 189.